The summed E-state index contributed by atoms with van der Waals surface area (Å²) >= 11 is 0. The molecule has 60 valence electrons. The van der Waals surface area contributed by atoms with E-state index in [0.717, 1.165) is 5.69 Å². The zero-order valence-corrected chi connectivity index (χ0v) is 6.42. The maximum atomic E-state index is 10.8. The lowest BCUT2D eigenvalue weighted by molar-refractivity contribution is -0.120. The normalized spacial score (nSPS) is 9.55. The van der Waals surface area contributed by atoms with Gasteiger partial charge in [0, 0.05) is 12.6 Å². The fourth-order valence-corrected chi connectivity index (χ4v) is 0.702. The SMILES string of the molecule is CCC(=O)NCc1ccn[nH]1. The van der Waals surface area contributed by atoms with Crippen LogP contribution in [-0.4, -0.2) is 16.1 Å². The number of nitrogens with zero attached hydrogens (tertiary/aromatic N) is 1. The topological polar surface area (TPSA) is 57.8 Å². The van der Waals surface area contributed by atoms with Gasteiger partial charge in [0.15, 0.2) is 0 Å². The molecule has 0 radical (unpaired) electrons. The zero-order valence-electron chi connectivity index (χ0n) is 6.42. The highest BCUT2D eigenvalue weighted by Crippen LogP contribution is 1.89. The Kier molecular flexibility index (Phi) is 2.66. The molecule has 0 aliphatic heterocycles. The molecule has 0 unspecified atom stereocenters. The van der Waals surface area contributed by atoms with Crippen molar-refractivity contribution in [1.82, 2.24) is 15.5 Å². The van der Waals surface area contributed by atoms with Gasteiger partial charge in [0.25, 0.3) is 0 Å². The number of H-pyrrole nitrogens is 1. The third-order valence-corrected chi connectivity index (χ3v) is 1.36. The lowest BCUT2D eigenvalue weighted by Gasteiger charge is -1.98. The van der Waals surface area contributed by atoms with Gasteiger partial charge in [-0.2, -0.15) is 5.10 Å². The fourth-order valence-electron chi connectivity index (χ4n) is 0.702. The minimum absolute atomic E-state index is 0.0552. The maximum absolute atomic E-state index is 10.8. The summed E-state index contributed by atoms with van der Waals surface area (Å²) in [5.74, 6) is 0.0552. The first kappa shape index (κ1) is 7.78. The molecule has 0 aliphatic rings. The summed E-state index contributed by atoms with van der Waals surface area (Å²) < 4.78 is 0. The van der Waals surface area contributed by atoms with Crippen molar-refractivity contribution in [3.05, 3.63) is 18.0 Å². The summed E-state index contributed by atoms with van der Waals surface area (Å²) in [5, 5.41) is 9.23. The number of aromatic amines is 1. The van der Waals surface area contributed by atoms with Crippen LogP contribution < -0.4 is 5.32 Å². The van der Waals surface area contributed by atoms with Gasteiger partial charge >= 0.3 is 0 Å². The van der Waals surface area contributed by atoms with Crippen LogP contribution in [0.15, 0.2) is 12.3 Å². The molecule has 4 nitrogen and oxygen atoms in total. The number of nitrogens with one attached hydrogen (secondary N) is 2. The molecule has 0 saturated heterocycles. The third-order valence-electron chi connectivity index (χ3n) is 1.36. The maximum Gasteiger partial charge on any atom is 0.220 e. The molecule has 1 aromatic rings. The predicted molar refractivity (Wildman–Crippen MR) is 40.7 cm³/mol. The van der Waals surface area contributed by atoms with Crippen molar-refractivity contribution in [1.29, 1.82) is 0 Å². The number of aromatic nitrogens is 2. The zero-order chi connectivity index (χ0) is 8.10. The highest BCUT2D eigenvalue weighted by atomic mass is 16.1. The largest absolute Gasteiger partial charge is 0.350 e. The van der Waals surface area contributed by atoms with Crippen molar-refractivity contribution in [3.63, 3.8) is 0 Å². The quantitative estimate of drug-likeness (QED) is 0.661. The molecule has 0 aliphatic carbocycles. The van der Waals surface area contributed by atoms with Crippen molar-refractivity contribution < 1.29 is 4.79 Å². The second-order valence-corrected chi connectivity index (χ2v) is 2.21. The van der Waals surface area contributed by atoms with Gasteiger partial charge in [0.05, 0.1) is 12.2 Å². The van der Waals surface area contributed by atoms with Crippen LogP contribution in [0.5, 0.6) is 0 Å². The first-order valence-corrected chi connectivity index (χ1v) is 3.58. The molecule has 4 heteroatoms. The highest BCUT2D eigenvalue weighted by molar-refractivity contribution is 5.75. The van der Waals surface area contributed by atoms with E-state index in [0.29, 0.717) is 13.0 Å². The Labute approximate surface area is 65.0 Å². The molecule has 11 heavy (non-hydrogen) atoms. The Hall–Kier alpha value is -1.32. The van der Waals surface area contributed by atoms with Crippen LogP contribution in [0.25, 0.3) is 0 Å². The smallest absolute Gasteiger partial charge is 0.220 e. The molecule has 0 spiro atoms. The number of hydrogen-bond acceptors (Lipinski definition) is 2. The molecule has 0 fully saturated rings. The number of carbonyl (C=O) groups is 1. The Balaban J connectivity index is 2.29. The Morgan fingerprint density at radius 1 is 1.82 bits per heavy atom. The van der Waals surface area contributed by atoms with Crippen molar-refractivity contribution in [2.24, 2.45) is 0 Å². The van der Waals surface area contributed by atoms with Crippen LogP contribution in [0.2, 0.25) is 0 Å². The lowest BCUT2D eigenvalue weighted by Crippen LogP contribution is -2.21. The van der Waals surface area contributed by atoms with E-state index in [-0.39, 0.29) is 5.91 Å². The summed E-state index contributed by atoms with van der Waals surface area (Å²) in [7, 11) is 0. The summed E-state index contributed by atoms with van der Waals surface area (Å²) in [5.41, 5.74) is 0.923. The first-order valence-electron chi connectivity index (χ1n) is 3.58. The predicted octanol–water partition coefficient (Wildman–Crippen LogP) is 0.436. The summed E-state index contributed by atoms with van der Waals surface area (Å²) in [6, 6.07) is 1.83. The van der Waals surface area contributed by atoms with E-state index in [1.807, 2.05) is 13.0 Å². The summed E-state index contributed by atoms with van der Waals surface area (Å²) in [6.07, 6.45) is 2.18. The minimum Gasteiger partial charge on any atom is -0.350 e. The Morgan fingerprint density at radius 3 is 3.18 bits per heavy atom. The van der Waals surface area contributed by atoms with Gasteiger partial charge in [0.2, 0.25) is 5.91 Å². The number of rotatable bonds is 3. The molecular weight excluding hydrogens is 142 g/mol. The van der Waals surface area contributed by atoms with Crippen molar-refractivity contribution in [3.8, 4) is 0 Å². The van der Waals surface area contributed by atoms with Crippen LogP contribution in [-0.2, 0) is 11.3 Å². The van der Waals surface area contributed by atoms with E-state index in [1.54, 1.807) is 6.20 Å². The molecule has 0 aromatic carbocycles. The second-order valence-electron chi connectivity index (χ2n) is 2.21. The van der Waals surface area contributed by atoms with E-state index >= 15 is 0 Å². The molecule has 1 rings (SSSR count). The standard InChI is InChI=1S/C7H11N3O/c1-2-7(11)8-5-6-3-4-9-10-6/h3-4H,2,5H2,1H3,(H,8,11)(H,9,10). The molecule has 0 saturated carbocycles. The van der Waals surface area contributed by atoms with Gasteiger partial charge in [-0.15, -0.1) is 0 Å². The van der Waals surface area contributed by atoms with Gasteiger partial charge in [0.1, 0.15) is 0 Å². The number of carbonyl (C=O) groups excluding carboxylic acids is 1. The van der Waals surface area contributed by atoms with Gasteiger partial charge in [-0.05, 0) is 6.07 Å². The van der Waals surface area contributed by atoms with E-state index in [1.165, 1.54) is 0 Å². The van der Waals surface area contributed by atoms with Gasteiger partial charge < -0.3 is 5.32 Å². The molecule has 0 bridgehead atoms. The highest BCUT2D eigenvalue weighted by Gasteiger charge is 1.96. The third kappa shape index (κ3) is 2.41. The number of hydrogen-bond donors (Lipinski definition) is 2. The Bertz CT molecular complexity index is 218. The van der Waals surface area contributed by atoms with Gasteiger partial charge in [-0.25, -0.2) is 0 Å². The molecule has 0 atom stereocenters. The summed E-state index contributed by atoms with van der Waals surface area (Å²) in [4.78, 5) is 10.8. The Morgan fingerprint density at radius 2 is 2.64 bits per heavy atom. The monoisotopic (exact) mass is 153 g/mol. The van der Waals surface area contributed by atoms with Crippen LogP contribution in [0.1, 0.15) is 19.0 Å². The second kappa shape index (κ2) is 3.75. The molecule has 1 amide bonds. The van der Waals surface area contributed by atoms with Crippen molar-refractivity contribution in [2.45, 2.75) is 19.9 Å². The molecule has 1 heterocycles. The first-order chi connectivity index (χ1) is 5.33. The van der Waals surface area contributed by atoms with Crippen LogP contribution in [0.3, 0.4) is 0 Å². The lowest BCUT2D eigenvalue weighted by atomic mass is 10.4. The van der Waals surface area contributed by atoms with Gasteiger partial charge in [-0.1, -0.05) is 6.92 Å². The van der Waals surface area contributed by atoms with Crippen LogP contribution in [0.4, 0.5) is 0 Å². The minimum atomic E-state index is 0.0552. The molecular formula is C7H11N3O. The van der Waals surface area contributed by atoms with Crippen molar-refractivity contribution >= 4 is 5.91 Å². The number of amides is 1. The summed E-state index contributed by atoms with van der Waals surface area (Å²) in [6.45, 7) is 2.36. The van der Waals surface area contributed by atoms with Crippen molar-refractivity contribution in [2.75, 3.05) is 0 Å². The average Bonchev–Trinajstić information content (AvgIpc) is 2.52. The molecule has 1 aromatic heterocycles. The molecule has 2 N–H and O–H groups in total. The van der Waals surface area contributed by atoms with E-state index in [9.17, 15) is 4.79 Å². The van der Waals surface area contributed by atoms with Crippen LogP contribution in [0, 0.1) is 0 Å². The van der Waals surface area contributed by atoms with Gasteiger partial charge in [-0.3, -0.25) is 9.89 Å². The average molecular weight is 153 g/mol. The van der Waals surface area contributed by atoms with Crippen LogP contribution >= 0.6 is 0 Å². The fraction of sp³-hybridized carbons (Fsp3) is 0.429. The van der Waals surface area contributed by atoms with E-state index in [2.05, 4.69) is 15.5 Å². The van der Waals surface area contributed by atoms with E-state index in [4.69, 9.17) is 0 Å². The van der Waals surface area contributed by atoms with E-state index < -0.39 is 0 Å².